The summed E-state index contributed by atoms with van der Waals surface area (Å²) in [5.41, 5.74) is 8.77. The van der Waals surface area contributed by atoms with Crippen LogP contribution in [0.3, 0.4) is 0 Å². The van der Waals surface area contributed by atoms with Gasteiger partial charge < -0.3 is 9.47 Å². The van der Waals surface area contributed by atoms with Crippen LogP contribution >= 0.6 is 0 Å². The van der Waals surface area contributed by atoms with E-state index in [4.69, 9.17) is 9.47 Å². The first-order valence-corrected chi connectivity index (χ1v) is 13.1. The Labute approximate surface area is 211 Å². The van der Waals surface area contributed by atoms with Crippen molar-refractivity contribution in [2.75, 3.05) is 14.2 Å². The Hall–Kier alpha value is -3.00. The smallest absolute Gasteiger partial charge is 0.161 e. The summed E-state index contributed by atoms with van der Waals surface area (Å²) in [4.78, 5) is 0. The second-order valence-electron chi connectivity index (χ2n) is 10.7. The molecule has 2 nitrogen and oxygen atoms in total. The molecule has 0 aliphatic heterocycles. The van der Waals surface area contributed by atoms with Gasteiger partial charge >= 0.3 is 0 Å². The highest BCUT2D eigenvalue weighted by Crippen LogP contribution is 2.52. The van der Waals surface area contributed by atoms with Gasteiger partial charge in [0.1, 0.15) is 0 Å². The minimum atomic E-state index is 0.243. The van der Waals surface area contributed by atoms with E-state index in [2.05, 4.69) is 80.6 Å². The zero-order valence-electron chi connectivity index (χ0n) is 21.6. The molecular formula is C33H38O2. The van der Waals surface area contributed by atoms with E-state index in [1.54, 1.807) is 19.8 Å². The van der Waals surface area contributed by atoms with Gasteiger partial charge in [-0.25, -0.2) is 0 Å². The molecule has 0 radical (unpaired) electrons. The maximum absolute atomic E-state index is 5.60. The van der Waals surface area contributed by atoms with Crippen molar-refractivity contribution in [3.05, 3.63) is 101 Å². The molecule has 3 aliphatic rings. The average Bonchev–Trinajstić information content (AvgIpc) is 3.09. The lowest BCUT2D eigenvalue weighted by molar-refractivity contribution is 0.234. The molecule has 2 heteroatoms. The van der Waals surface area contributed by atoms with Crippen LogP contribution in [-0.4, -0.2) is 14.2 Å². The molecule has 0 bridgehead atoms. The molecule has 1 saturated carbocycles. The molecule has 1 atom stereocenters. The molecule has 1 fully saturated rings. The maximum Gasteiger partial charge on any atom is 0.161 e. The van der Waals surface area contributed by atoms with Gasteiger partial charge in [0.2, 0.25) is 0 Å². The van der Waals surface area contributed by atoms with Crippen molar-refractivity contribution in [1.82, 2.24) is 0 Å². The van der Waals surface area contributed by atoms with Gasteiger partial charge in [0.05, 0.1) is 14.2 Å². The lowest BCUT2D eigenvalue weighted by atomic mass is 9.62. The van der Waals surface area contributed by atoms with Crippen LogP contribution < -0.4 is 9.47 Å². The lowest BCUT2D eigenvalue weighted by Crippen LogP contribution is -2.29. The van der Waals surface area contributed by atoms with E-state index in [0.717, 1.165) is 24.3 Å². The molecule has 0 saturated heterocycles. The number of hydrogen-bond donors (Lipinski definition) is 0. The van der Waals surface area contributed by atoms with Crippen LogP contribution in [0.25, 0.3) is 5.57 Å². The van der Waals surface area contributed by atoms with E-state index >= 15 is 0 Å². The zero-order chi connectivity index (χ0) is 24.4. The third kappa shape index (κ3) is 4.76. The first kappa shape index (κ1) is 23.7. The van der Waals surface area contributed by atoms with E-state index in [9.17, 15) is 0 Å². The van der Waals surface area contributed by atoms with Crippen LogP contribution in [-0.2, 0) is 0 Å². The Kier molecular flexibility index (Phi) is 6.73. The van der Waals surface area contributed by atoms with Gasteiger partial charge in [-0.15, -0.1) is 0 Å². The predicted octanol–water partition coefficient (Wildman–Crippen LogP) is 8.59. The van der Waals surface area contributed by atoms with Crippen LogP contribution in [0.4, 0.5) is 0 Å². The molecule has 0 spiro atoms. The number of hydrogen-bond acceptors (Lipinski definition) is 2. The average molecular weight is 467 g/mol. The fourth-order valence-electron chi connectivity index (χ4n) is 6.36. The summed E-state index contributed by atoms with van der Waals surface area (Å²) in [5, 5.41) is 0. The molecule has 0 amide bonds. The lowest BCUT2D eigenvalue weighted by Gasteiger charge is -2.42. The largest absolute Gasteiger partial charge is 0.493 e. The summed E-state index contributed by atoms with van der Waals surface area (Å²) in [7, 11) is 3.40. The van der Waals surface area contributed by atoms with Gasteiger partial charge in [-0.3, -0.25) is 0 Å². The SMILES string of the molecule is COc1ccc(C2=CC3=CCC=CC3C(C3(C)CCC(c4cccc(C)c4)CC3)=CC2)cc1OC. The van der Waals surface area contributed by atoms with E-state index in [1.807, 2.05) is 6.07 Å². The van der Waals surface area contributed by atoms with Crippen LogP contribution in [0.15, 0.2) is 84.0 Å². The number of fused-ring (bicyclic) bond motifs is 1. The third-order valence-corrected chi connectivity index (χ3v) is 8.45. The summed E-state index contributed by atoms with van der Waals surface area (Å²) in [6, 6.07) is 15.4. The quantitative estimate of drug-likeness (QED) is 0.411. The maximum atomic E-state index is 5.60. The number of methoxy groups -OCH3 is 2. The van der Waals surface area contributed by atoms with Crippen LogP contribution in [0.1, 0.15) is 68.1 Å². The second kappa shape index (κ2) is 9.93. The van der Waals surface area contributed by atoms with Crippen molar-refractivity contribution in [3.63, 3.8) is 0 Å². The Balaban J connectivity index is 1.42. The molecule has 1 unspecified atom stereocenters. The molecule has 2 aromatic rings. The highest BCUT2D eigenvalue weighted by atomic mass is 16.5. The Morgan fingerprint density at radius 1 is 0.914 bits per heavy atom. The minimum absolute atomic E-state index is 0.243. The monoisotopic (exact) mass is 466 g/mol. The molecule has 0 aromatic heterocycles. The molecule has 0 heterocycles. The molecule has 3 aliphatic carbocycles. The van der Waals surface area contributed by atoms with Crippen molar-refractivity contribution in [1.29, 1.82) is 0 Å². The van der Waals surface area contributed by atoms with Gasteiger partial charge in [0.25, 0.3) is 0 Å². The van der Waals surface area contributed by atoms with Crippen molar-refractivity contribution < 1.29 is 9.47 Å². The Bertz CT molecular complexity index is 1200. The fourth-order valence-corrected chi connectivity index (χ4v) is 6.36. The molecule has 5 rings (SSSR count). The Morgan fingerprint density at radius 3 is 2.46 bits per heavy atom. The van der Waals surface area contributed by atoms with Crippen molar-refractivity contribution in [2.45, 2.75) is 58.3 Å². The van der Waals surface area contributed by atoms with Crippen molar-refractivity contribution in [3.8, 4) is 11.5 Å². The summed E-state index contributed by atoms with van der Waals surface area (Å²) < 4.78 is 11.1. The van der Waals surface area contributed by atoms with Gasteiger partial charge in [0, 0.05) is 5.92 Å². The van der Waals surface area contributed by atoms with Crippen molar-refractivity contribution in [2.24, 2.45) is 11.3 Å². The standard InChI is InChI=1S/C33H38O2/c1-23-8-7-10-25(20-23)24-16-18-33(2,19-17-24)30-14-12-26(21-28-9-5-6-11-29(28)30)27-13-15-31(34-3)32(22-27)35-4/h6-11,13-15,20-22,24,29H,5,12,16-19H2,1-4H3. The molecule has 2 aromatic carbocycles. The molecule has 35 heavy (non-hydrogen) atoms. The first-order chi connectivity index (χ1) is 17.0. The number of aryl methyl sites for hydroxylation is 1. The van der Waals surface area contributed by atoms with Crippen LogP contribution in [0.5, 0.6) is 11.5 Å². The summed E-state index contributed by atoms with van der Waals surface area (Å²) >= 11 is 0. The molecule has 0 N–H and O–H groups in total. The van der Waals surface area contributed by atoms with Gasteiger partial charge in [0.15, 0.2) is 11.5 Å². The van der Waals surface area contributed by atoms with E-state index in [-0.39, 0.29) is 5.41 Å². The van der Waals surface area contributed by atoms with E-state index in [1.165, 1.54) is 53.5 Å². The zero-order valence-corrected chi connectivity index (χ0v) is 21.6. The summed E-state index contributed by atoms with van der Waals surface area (Å²) in [6.07, 6.45) is 19.2. The van der Waals surface area contributed by atoms with Gasteiger partial charge in [-0.1, -0.05) is 78.8 Å². The first-order valence-electron chi connectivity index (χ1n) is 13.1. The number of ether oxygens (including phenoxy) is 2. The molecule has 182 valence electrons. The highest BCUT2D eigenvalue weighted by Gasteiger charge is 2.38. The summed E-state index contributed by atoms with van der Waals surface area (Å²) in [6.45, 7) is 4.73. The van der Waals surface area contributed by atoms with Gasteiger partial charge in [-0.05, 0) is 91.2 Å². The third-order valence-electron chi connectivity index (χ3n) is 8.45. The van der Waals surface area contributed by atoms with Crippen LogP contribution in [0.2, 0.25) is 0 Å². The topological polar surface area (TPSA) is 18.5 Å². The fraction of sp³-hybridized carbons (Fsp3) is 0.394. The van der Waals surface area contributed by atoms with E-state index in [0.29, 0.717) is 11.8 Å². The number of benzene rings is 2. The predicted molar refractivity (Wildman–Crippen MR) is 146 cm³/mol. The van der Waals surface area contributed by atoms with E-state index < -0.39 is 0 Å². The van der Waals surface area contributed by atoms with Crippen LogP contribution in [0, 0.1) is 18.3 Å². The normalized spacial score (nSPS) is 26.1. The number of allylic oxidation sites excluding steroid dienone is 8. The minimum Gasteiger partial charge on any atom is -0.493 e. The second-order valence-corrected chi connectivity index (χ2v) is 10.7. The van der Waals surface area contributed by atoms with Crippen molar-refractivity contribution >= 4 is 5.57 Å². The van der Waals surface area contributed by atoms with Gasteiger partial charge in [-0.2, -0.15) is 0 Å². The Morgan fingerprint density at radius 2 is 1.71 bits per heavy atom. The highest BCUT2D eigenvalue weighted by molar-refractivity contribution is 5.73. The summed E-state index contributed by atoms with van der Waals surface area (Å²) in [5.74, 6) is 2.64. The number of rotatable bonds is 5. The molecular weight excluding hydrogens is 428 g/mol.